The van der Waals surface area contributed by atoms with Crippen molar-refractivity contribution in [3.8, 4) is 28.6 Å². The second kappa shape index (κ2) is 5.34. The Morgan fingerprint density at radius 2 is 1.90 bits per heavy atom. The third-order valence-corrected chi connectivity index (χ3v) is 3.51. The minimum atomic E-state index is 0.0712. The van der Waals surface area contributed by atoms with E-state index in [0.29, 0.717) is 11.4 Å². The van der Waals surface area contributed by atoms with Gasteiger partial charge in [-0.15, -0.1) is 0 Å². The van der Waals surface area contributed by atoms with Crippen molar-refractivity contribution in [2.24, 2.45) is 0 Å². The Morgan fingerprint density at radius 3 is 2.65 bits per heavy atom. The molecule has 3 aromatic rings. The minimum absolute atomic E-state index is 0.0712. The fourth-order valence-electron chi connectivity index (χ4n) is 1.67. The normalized spacial score (nSPS) is 10.7. The van der Waals surface area contributed by atoms with Gasteiger partial charge in [0.05, 0.1) is 5.56 Å². The molecular formula is C13H7Br2N3O2. The summed E-state index contributed by atoms with van der Waals surface area (Å²) in [5.74, 6) is 0.739. The Kier molecular flexibility index (Phi) is 3.54. The number of rotatable bonds is 2. The van der Waals surface area contributed by atoms with Crippen LogP contribution in [-0.4, -0.2) is 20.2 Å². The predicted molar refractivity (Wildman–Crippen MR) is 80.0 cm³/mol. The van der Waals surface area contributed by atoms with Gasteiger partial charge >= 0.3 is 0 Å². The molecule has 0 spiro atoms. The van der Waals surface area contributed by atoms with Gasteiger partial charge in [-0.2, -0.15) is 4.98 Å². The molecule has 0 saturated carbocycles. The molecule has 0 fully saturated rings. The molecule has 0 aliphatic heterocycles. The number of halogens is 2. The van der Waals surface area contributed by atoms with Crippen molar-refractivity contribution >= 4 is 31.9 Å². The van der Waals surface area contributed by atoms with Crippen molar-refractivity contribution < 1.29 is 9.63 Å². The number of hydrogen-bond acceptors (Lipinski definition) is 5. The molecule has 0 radical (unpaired) electrons. The molecule has 1 aromatic carbocycles. The van der Waals surface area contributed by atoms with E-state index in [1.165, 1.54) is 0 Å². The fourth-order valence-corrected chi connectivity index (χ4v) is 2.38. The Labute approximate surface area is 130 Å². The monoisotopic (exact) mass is 395 g/mol. The largest absolute Gasteiger partial charge is 0.507 e. The van der Waals surface area contributed by atoms with Crippen molar-refractivity contribution in [2.75, 3.05) is 0 Å². The van der Waals surface area contributed by atoms with Gasteiger partial charge in [-0.3, -0.25) is 4.98 Å². The van der Waals surface area contributed by atoms with Crippen LogP contribution >= 0.6 is 31.9 Å². The lowest BCUT2D eigenvalue weighted by Crippen LogP contribution is -1.83. The maximum absolute atomic E-state index is 9.89. The zero-order valence-electron chi connectivity index (χ0n) is 9.92. The van der Waals surface area contributed by atoms with E-state index < -0.39 is 0 Å². The fraction of sp³-hybridized carbons (Fsp3) is 0. The summed E-state index contributed by atoms with van der Waals surface area (Å²) in [6.07, 6.45) is 3.31. The molecule has 20 heavy (non-hydrogen) atoms. The molecule has 2 aromatic heterocycles. The molecule has 0 aliphatic rings. The first-order valence-electron chi connectivity index (χ1n) is 5.57. The molecule has 0 amide bonds. The van der Waals surface area contributed by atoms with Gasteiger partial charge in [-0.25, -0.2) is 0 Å². The second-order valence-corrected chi connectivity index (χ2v) is 5.81. The Morgan fingerprint density at radius 1 is 1.05 bits per heavy atom. The molecule has 0 unspecified atom stereocenters. The van der Waals surface area contributed by atoms with Crippen molar-refractivity contribution in [1.29, 1.82) is 0 Å². The van der Waals surface area contributed by atoms with Crippen molar-refractivity contribution in [2.45, 2.75) is 0 Å². The zero-order chi connectivity index (χ0) is 14.1. The first kappa shape index (κ1) is 13.3. The van der Waals surface area contributed by atoms with Gasteiger partial charge in [-0.1, -0.05) is 21.1 Å². The lowest BCUT2D eigenvalue weighted by atomic mass is 10.2. The van der Waals surface area contributed by atoms with Crippen LogP contribution < -0.4 is 0 Å². The summed E-state index contributed by atoms with van der Waals surface area (Å²) in [6.45, 7) is 0. The molecule has 5 nitrogen and oxygen atoms in total. The molecule has 100 valence electrons. The number of aromatic nitrogens is 3. The van der Waals surface area contributed by atoms with Crippen LogP contribution in [0.3, 0.4) is 0 Å². The Balaban J connectivity index is 2.02. The van der Waals surface area contributed by atoms with Crippen LogP contribution in [0.2, 0.25) is 0 Å². The molecule has 0 atom stereocenters. The van der Waals surface area contributed by atoms with Crippen LogP contribution in [-0.2, 0) is 0 Å². The standard InChI is InChI=1S/C13H7Br2N3O2/c14-8-1-2-10(11(19)4-8)13-17-12(18-20-13)7-3-9(15)6-16-5-7/h1-6,19H. The van der Waals surface area contributed by atoms with Gasteiger partial charge in [-0.05, 0) is 40.2 Å². The number of hydrogen-bond donors (Lipinski definition) is 1. The quantitative estimate of drug-likeness (QED) is 0.707. The number of phenolic OH excluding ortho intramolecular Hbond substituents is 1. The van der Waals surface area contributed by atoms with Crippen LogP contribution in [0.4, 0.5) is 0 Å². The lowest BCUT2D eigenvalue weighted by molar-refractivity contribution is 0.425. The number of aromatic hydroxyl groups is 1. The number of phenols is 1. The van der Waals surface area contributed by atoms with E-state index in [0.717, 1.165) is 14.5 Å². The topological polar surface area (TPSA) is 72.0 Å². The summed E-state index contributed by atoms with van der Waals surface area (Å²) >= 11 is 6.62. The molecule has 0 aliphatic carbocycles. The highest BCUT2D eigenvalue weighted by atomic mass is 79.9. The first-order chi connectivity index (χ1) is 9.63. The molecule has 0 bridgehead atoms. The van der Waals surface area contributed by atoms with Gasteiger partial charge in [0, 0.05) is 26.9 Å². The van der Waals surface area contributed by atoms with Gasteiger partial charge in [0.15, 0.2) is 0 Å². The maximum atomic E-state index is 9.89. The SMILES string of the molecule is Oc1cc(Br)ccc1-c1nc(-c2cncc(Br)c2)no1. The van der Waals surface area contributed by atoms with Crippen LogP contribution in [0.1, 0.15) is 0 Å². The second-order valence-electron chi connectivity index (χ2n) is 3.98. The summed E-state index contributed by atoms with van der Waals surface area (Å²) in [5, 5.41) is 13.8. The predicted octanol–water partition coefficient (Wildman–Crippen LogP) is 4.03. The average Bonchev–Trinajstić information content (AvgIpc) is 2.88. The summed E-state index contributed by atoms with van der Waals surface area (Å²) in [5.41, 5.74) is 1.21. The van der Waals surface area contributed by atoms with Gasteiger partial charge in [0.2, 0.25) is 5.82 Å². The number of nitrogens with zero attached hydrogens (tertiary/aromatic N) is 3. The highest BCUT2D eigenvalue weighted by Gasteiger charge is 2.14. The minimum Gasteiger partial charge on any atom is -0.507 e. The van der Waals surface area contributed by atoms with E-state index in [1.54, 1.807) is 30.6 Å². The molecule has 7 heteroatoms. The molecule has 1 N–H and O–H groups in total. The van der Waals surface area contributed by atoms with Gasteiger partial charge < -0.3 is 9.63 Å². The van der Waals surface area contributed by atoms with E-state index in [4.69, 9.17) is 4.52 Å². The summed E-state index contributed by atoms with van der Waals surface area (Å²) in [4.78, 5) is 8.32. The van der Waals surface area contributed by atoms with Crippen LogP contribution in [0.15, 0.2) is 50.1 Å². The van der Waals surface area contributed by atoms with Crippen LogP contribution in [0, 0.1) is 0 Å². The van der Waals surface area contributed by atoms with E-state index in [9.17, 15) is 5.11 Å². The Bertz CT molecular complexity index is 774. The van der Waals surface area contributed by atoms with Crippen molar-refractivity contribution in [3.63, 3.8) is 0 Å². The third-order valence-electron chi connectivity index (χ3n) is 2.58. The Hall–Kier alpha value is -1.73. The number of benzene rings is 1. The zero-order valence-corrected chi connectivity index (χ0v) is 13.1. The van der Waals surface area contributed by atoms with Crippen LogP contribution in [0.25, 0.3) is 22.8 Å². The number of pyridine rings is 1. The summed E-state index contributed by atoms with van der Waals surface area (Å²) < 4.78 is 6.79. The van der Waals surface area contributed by atoms with E-state index in [2.05, 4.69) is 47.0 Å². The van der Waals surface area contributed by atoms with E-state index >= 15 is 0 Å². The lowest BCUT2D eigenvalue weighted by Gasteiger charge is -1.99. The van der Waals surface area contributed by atoms with Crippen LogP contribution in [0.5, 0.6) is 5.75 Å². The summed E-state index contributed by atoms with van der Waals surface area (Å²) in [6, 6.07) is 6.90. The molecule has 2 heterocycles. The smallest absolute Gasteiger partial charge is 0.262 e. The highest BCUT2D eigenvalue weighted by molar-refractivity contribution is 9.10. The van der Waals surface area contributed by atoms with Gasteiger partial charge in [0.1, 0.15) is 5.75 Å². The third kappa shape index (κ3) is 2.59. The highest BCUT2D eigenvalue weighted by Crippen LogP contribution is 2.31. The molecular weight excluding hydrogens is 390 g/mol. The van der Waals surface area contributed by atoms with Gasteiger partial charge in [0.25, 0.3) is 5.89 Å². The molecule has 3 rings (SSSR count). The average molecular weight is 397 g/mol. The molecule has 0 saturated heterocycles. The van der Waals surface area contributed by atoms with Crippen molar-refractivity contribution in [1.82, 2.24) is 15.1 Å². The van der Waals surface area contributed by atoms with E-state index in [1.807, 2.05) is 6.07 Å². The maximum Gasteiger partial charge on any atom is 0.262 e. The summed E-state index contributed by atoms with van der Waals surface area (Å²) in [7, 11) is 0. The van der Waals surface area contributed by atoms with Crippen molar-refractivity contribution in [3.05, 3.63) is 45.6 Å². The first-order valence-corrected chi connectivity index (χ1v) is 7.15. The van der Waals surface area contributed by atoms with E-state index in [-0.39, 0.29) is 11.6 Å².